The van der Waals surface area contributed by atoms with Gasteiger partial charge in [0.15, 0.2) is 5.67 Å². The van der Waals surface area contributed by atoms with Gasteiger partial charge in [0, 0.05) is 6.42 Å². The van der Waals surface area contributed by atoms with E-state index in [9.17, 15) is 4.39 Å². The SMILES string of the molecule is CC(C)(C)c1ccc(CC2(F)COC2)cc1. The van der Waals surface area contributed by atoms with Gasteiger partial charge in [0.1, 0.15) is 0 Å². The molecule has 0 amide bonds. The molecule has 1 nitrogen and oxygen atoms in total. The Bertz CT molecular complexity index is 357. The van der Waals surface area contributed by atoms with Crippen LogP contribution in [-0.4, -0.2) is 18.9 Å². The van der Waals surface area contributed by atoms with Gasteiger partial charge in [-0.15, -0.1) is 0 Å². The average Bonchev–Trinajstić information content (AvgIpc) is 2.15. The number of hydrogen-bond donors (Lipinski definition) is 0. The monoisotopic (exact) mass is 222 g/mol. The van der Waals surface area contributed by atoms with Gasteiger partial charge in [-0.3, -0.25) is 0 Å². The maximum atomic E-state index is 13.8. The molecule has 1 aromatic carbocycles. The summed E-state index contributed by atoms with van der Waals surface area (Å²) in [7, 11) is 0. The molecule has 0 saturated carbocycles. The highest BCUT2D eigenvalue weighted by molar-refractivity contribution is 5.28. The average molecular weight is 222 g/mol. The molecule has 1 fully saturated rings. The summed E-state index contributed by atoms with van der Waals surface area (Å²) in [5, 5.41) is 0. The molecule has 2 rings (SSSR count). The molecule has 1 aliphatic heterocycles. The predicted octanol–water partition coefficient (Wildman–Crippen LogP) is 3.27. The zero-order valence-corrected chi connectivity index (χ0v) is 10.2. The number of halogens is 1. The van der Waals surface area contributed by atoms with Gasteiger partial charge in [0.25, 0.3) is 0 Å². The van der Waals surface area contributed by atoms with E-state index in [1.54, 1.807) is 0 Å². The summed E-state index contributed by atoms with van der Waals surface area (Å²) >= 11 is 0. The van der Waals surface area contributed by atoms with Crippen molar-refractivity contribution >= 4 is 0 Å². The Balaban J connectivity index is 2.08. The normalized spacial score (nSPS) is 19.2. The van der Waals surface area contributed by atoms with Gasteiger partial charge in [-0.2, -0.15) is 0 Å². The van der Waals surface area contributed by atoms with Crippen molar-refractivity contribution in [1.29, 1.82) is 0 Å². The Morgan fingerprint density at radius 2 is 1.75 bits per heavy atom. The van der Waals surface area contributed by atoms with E-state index in [0.717, 1.165) is 5.56 Å². The van der Waals surface area contributed by atoms with E-state index in [0.29, 0.717) is 6.42 Å². The molecule has 0 bridgehead atoms. The lowest BCUT2D eigenvalue weighted by atomic mass is 9.85. The molecular weight excluding hydrogens is 203 g/mol. The standard InChI is InChI=1S/C14H19FO/c1-13(2,3)12-6-4-11(5-7-12)8-14(15)9-16-10-14/h4-7H,8-10H2,1-3H3. The Morgan fingerprint density at radius 1 is 1.19 bits per heavy atom. The highest BCUT2D eigenvalue weighted by Crippen LogP contribution is 2.28. The fraction of sp³-hybridized carbons (Fsp3) is 0.571. The van der Waals surface area contributed by atoms with Crippen LogP contribution in [0.5, 0.6) is 0 Å². The largest absolute Gasteiger partial charge is 0.375 e. The van der Waals surface area contributed by atoms with Gasteiger partial charge < -0.3 is 4.74 Å². The first-order valence-corrected chi connectivity index (χ1v) is 5.75. The van der Waals surface area contributed by atoms with Crippen molar-refractivity contribution in [3.63, 3.8) is 0 Å². The fourth-order valence-corrected chi connectivity index (χ4v) is 1.91. The molecule has 0 aliphatic carbocycles. The smallest absolute Gasteiger partial charge is 0.161 e. The summed E-state index contributed by atoms with van der Waals surface area (Å²) in [5.74, 6) is 0. The van der Waals surface area contributed by atoms with E-state index in [4.69, 9.17) is 4.74 Å². The fourth-order valence-electron chi connectivity index (χ4n) is 1.91. The van der Waals surface area contributed by atoms with Crippen LogP contribution >= 0.6 is 0 Å². The van der Waals surface area contributed by atoms with E-state index < -0.39 is 5.67 Å². The van der Waals surface area contributed by atoms with Crippen LogP contribution in [0, 0.1) is 0 Å². The van der Waals surface area contributed by atoms with Crippen molar-refractivity contribution in [2.75, 3.05) is 13.2 Å². The molecule has 88 valence electrons. The first-order chi connectivity index (χ1) is 7.39. The number of hydrogen-bond acceptors (Lipinski definition) is 1. The molecule has 0 radical (unpaired) electrons. The molecule has 0 unspecified atom stereocenters. The van der Waals surface area contributed by atoms with Crippen LogP contribution in [0.1, 0.15) is 31.9 Å². The second kappa shape index (κ2) is 3.85. The summed E-state index contributed by atoms with van der Waals surface area (Å²) in [4.78, 5) is 0. The van der Waals surface area contributed by atoms with Gasteiger partial charge >= 0.3 is 0 Å². The lowest BCUT2D eigenvalue weighted by Gasteiger charge is -2.33. The molecule has 0 N–H and O–H groups in total. The highest BCUT2D eigenvalue weighted by Gasteiger charge is 2.38. The third-order valence-corrected chi connectivity index (χ3v) is 3.06. The molecule has 0 spiro atoms. The quantitative estimate of drug-likeness (QED) is 0.746. The van der Waals surface area contributed by atoms with E-state index >= 15 is 0 Å². The first kappa shape index (κ1) is 11.6. The molecule has 0 aromatic heterocycles. The second-order valence-electron chi connectivity index (χ2n) is 5.77. The summed E-state index contributed by atoms with van der Waals surface area (Å²) in [6, 6.07) is 8.25. The molecule has 16 heavy (non-hydrogen) atoms. The Kier molecular flexibility index (Phi) is 2.79. The van der Waals surface area contributed by atoms with Crippen molar-refractivity contribution in [2.24, 2.45) is 0 Å². The lowest BCUT2D eigenvalue weighted by Crippen LogP contribution is -2.47. The molecule has 2 heteroatoms. The Morgan fingerprint density at radius 3 is 2.12 bits per heavy atom. The molecular formula is C14H19FO. The van der Waals surface area contributed by atoms with Gasteiger partial charge in [0.05, 0.1) is 13.2 Å². The molecule has 1 aromatic rings. The minimum absolute atomic E-state index is 0.158. The lowest BCUT2D eigenvalue weighted by molar-refractivity contribution is -0.128. The summed E-state index contributed by atoms with van der Waals surface area (Å²) in [6.45, 7) is 7.03. The molecule has 0 atom stereocenters. The van der Waals surface area contributed by atoms with E-state index in [1.807, 2.05) is 12.1 Å². The van der Waals surface area contributed by atoms with Crippen LogP contribution in [0.4, 0.5) is 4.39 Å². The van der Waals surface area contributed by atoms with Crippen molar-refractivity contribution in [3.05, 3.63) is 35.4 Å². The van der Waals surface area contributed by atoms with Crippen LogP contribution in [0.15, 0.2) is 24.3 Å². The molecule has 1 saturated heterocycles. The summed E-state index contributed by atoms with van der Waals surface area (Å²) in [6.07, 6.45) is 0.470. The van der Waals surface area contributed by atoms with Crippen LogP contribution in [0.2, 0.25) is 0 Å². The van der Waals surface area contributed by atoms with Gasteiger partial charge in [-0.05, 0) is 16.5 Å². The zero-order chi connectivity index (χ0) is 11.8. The maximum Gasteiger partial charge on any atom is 0.161 e. The van der Waals surface area contributed by atoms with Crippen molar-refractivity contribution in [1.82, 2.24) is 0 Å². The van der Waals surface area contributed by atoms with Crippen molar-refractivity contribution < 1.29 is 9.13 Å². The van der Waals surface area contributed by atoms with Crippen LogP contribution in [0.25, 0.3) is 0 Å². The Labute approximate surface area is 96.6 Å². The van der Waals surface area contributed by atoms with Gasteiger partial charge in [0.2, 0.25) is 0 Å². The van der Waals surface area contributed by atoms with Gasteiger partial charge in [-0.1, -0.05) is 45.0 Å². The minimum Gasteiger partial charge on any atom is -0.375 e. The minimum atomic E-state index is -1.12. The summed E-state index contributed by atoms with van der Waals surface area (Å²) in [5.41, 5.74) is 1.38. The Hall–Kier alpha value is -0.890. The number of benzene rings is 1. The second-order valence-corrected chi connectivity index (χ2v) is 5.77. The number of ether oxygens (including phenoxy) is 1. The topological polar surface area (TPSA) is 9.23 Å². The van der Waals surface area contributed by atoms with E-state index in [-0.39, 0.29) is 18.6 Å². The summed E-state index contributed by atoms with van der Waals surface area (Å²) < 4.78 is 18.7. The van der Waals surface area contributed by atoms with Crippen LogP contribution in [-0.2, 0) is 16.6 Å². The first-order valence-electron chi connectivity index (χ1n) is 5.75. The van der Waals surface area contributed by atoms with Gasteiger partial charge in [-0.25, -0.2) is 4.39 Å². The van der Waals surface area contributed by atoms with Crippen molar-refractivity contribution in [2.45, 2.75) is 38.3 Å². The third-order valence-electron chi connectivity index (χ3n) is 3.06. The molecule has 1 heterocycles. The highest BCUT2D eigenvalue weighted by atomic mass is 19.1. The zero-order valence-electron chi connectivity index (χ0n) is 10.2. The maximum absolute atomic E-state index is 13.8. The number of alkyl halides is 1. The third kappa shape index (κ3) is 2.43. The number of rotatable bonds is 2. The van der Waals surface area contributed by atoms with E-state index in [2.05, 4.69) is 32.9 Å². The van der Waals surface area contributed by atoms with Crippen LogP contribution < -0.4 is 0 Å². The predicted molar refractivity (Wildman–Crippen MR) is 63.5 cm³/mol. The van der Waals surface area contributed by atoms with Crippen LogP contribution in [0.3, 0.4) is 0 Å². The van der Waals surface area contributed by atoms with Crippen molar-refractivity contribution in [3.8, 4) is 0 Å². The van der Waals surface area contributed by atoms with E-state index in [1.165, 1.54) is 5.56 Å². The molecule has 1 aliphatic rings.